The molecule has 30 heavy (non-hydrogen) atoms. The monoisotopic (exact) mass is 405 g/mol. The van der Waals surface area contributed by atoms with Crippen LogP contribution in [0.25, 0.3) is 11.0 Å². The van der Waals surface area contributed by atoms with Crippen LogP contribution in [0, 0.1) is 13.8 Å². The van der Waals surface area contributed by atoms with Gasteiger partial charge in [0.1, 0.15) is 11.3 Å². The van der Waals surface area contributed by atoms with Gasteiger partial charge >= 0.3 is 0 Å². The SMILES string of the molecule is CCCOc1ccc(C2c3c(oc4cc(C)cc(C)c4c3=O)C(=O)N2CCC)cc1. The Kier molecular flexibility index (Phi) is 5.37. The van der Waals surface area contributed by atoms with E-state index in [4.69, 9.17) is 9.15 Å². The van der Waals surface area contributed by atoms with Crippen molar-refractivity contribution < 1.29 is 13.9 Å². The number of carbonyl (C=O) groups excluding carboxylic acids is 1. The lowest BCUT2D eigenvalue weighted by Crippen LogP contribution is -2.30. The molecule has 0 N–H and O–H groups in total. The second kappa shape index (κ2) is 7.98. The number of nitrogens with zero attached hydrogens (tertiary/aromatic N) is 1. The molecule has 0 aliphatic carbocycles. The quantitative estimate of drug-likeness (QED) is 0.569. The highest BCUT2D eigenvalue weighted by atomic mass is 16.5. The van der Waals surface area contributed by atoms with Gasteiger partial charge in [0.15, 0.2) is 5.43 Å². The zero-order valence-electron chi connectivity index (χ0n) is 18.0. The van der Waals surface area contributed by atoms with Gasteiger partial charge in [0, 0.05) is 6.54 Å². The molecule has 0 radical (unpaired) electrons. The first-order valence-corrected chi connectivity index (χ1v) is 10.6. The molecule has 0 saturated carbocycles. The highest BCUT2D eigenvalue weighted by Gasteiger charge is 2.42. The van der Waals surface area contributed by atoms with Gasteiger partial charge in [-0.1, -0.05) is 32.0 Å². The minimum absolute atomic E-state index is 0.119. The Morgan fingerprint density at radius 2 is 1.77 bits per heavy atom. The zero-order chi connectivity index (χ0) is 21.4. The van der Waals surface area contributed by atoms with Gasteiger partial charge in [-0.25, -0.2) is 0 Å². The molecule has 156 valence electrons. The Bertz CT molecular complexity index is 1160. The minimum atomic E-state index is -0.450. The Morgan fingerprint density at radius 1 is 1.03 bits per heavy atom. The van der Waals surface area contributed by atoms with E-state index >= 15 is 0 Å². The van der Waals surface area contributed by atoms with Crippen molar-refractivity contribution in [2.24, 2.45) is 0 Å². The third-order valence-electron chi connectivity index (χ3n) is 5.55. The average molecular weight is 405 g/mol. The molecule has 0 fully saturated rings. The summed E-state index contributed by atoms with van der Waals surface area (Å²) in [6, 6.07) is 11.0. The summed E-state index contributed by atoms with van der Waals surface area (Å²) in [5.74, 6) is 0.729. The molecule has 0 spiro atoms. The van der Waals surface area contributed by atoms with Gasteiger partial charge in [-0.15, -0.1) is 0 Å². The molecule has 0 bridgehead atoms. The molecule has 2 heterocycles. The van der Waals surface area contributed by atoms with Crippen LogP contribution in [0.3, 0.4) is 0 Å². The van der Waals surface area contributed by atoms with E-state index in [2.05, 4.69) is 6.92 Å². The van der Waals surface area contributed by atoms with Gasteiger partial charge in [-0.3, -0.25) is 9.59 Å². The summed E-state index contributed by atoms with van der Waals surface area (Å²) in [4.78, 5) is 28.5. The Hall–Kier alpha value is -3.08. The second-order valence-electron chi connectivity index (χ2n) is 7.95. The first-order chi connectivity index (χ1) is 14.5. The van der Waals surface area contributed by atoms with E-state index in [0.717, 1.165) is 35.3 Å². The van der Waals surface area contributed by atoms with Crippen molar-refractivity contribution in [2.45, 2.75) is 46.6 Å². The summed E-state index contributed by atoms with van der Waals surface area (Å²) in [5.41, 5.74) is 3.55. The molecule has 1 aliphatic heterocycles. The summed E-state index contributed by atoms with van der Waals surface area (Å²) in [6.45, 7) is 9.15. The molecular weight excluding hydrogens is 378 g/mol. The fourth-order valence-corrected chi connectivity index (χ4v) is 4.30. The number of hydrogen-bond donors (Lipinski definition) is 0. The molecule has 1 atom stereocenters. The van der Waals surface area contributed by atoms with Crippen molar-refractivity contribution in [3.8, 4) is 5.75 Å². The van der Waals surface area contributed by atoms with Crippen molar-refractivity contribution in [1.29, 1.82) is 0 Å². The lowest BCUT2D eigenvalue weighted by molar-refractivity contribution is 0.0728. The molecule has 5 heteroatoms. The first kappa shape index (κ1) is 20.2. The maximum Gasteiger partial charge on any atom is 0.290 e. The third-order valence-corrected chi connectivity index (χ3v) is 5.55. The standard InChI is InChI=1S/C25H27NO4/c1-5-11-26-22(17-7-9-18(10-8-17)29-12-6-2)21-23(27)20-16(4)13-15(3)14-19(20)30-24(21)25(26)28/h7-10,13-14,22H,5-6,11-12H2,1-4H3. The molecule has 4 rings (SSSR count). The molecule has 1 aromatic heterocycles. The predicted molar refractivity (Wildman–Crippen MR) is 117 cm³/mol. The lowest BCUT2D eigenvalue weighted by Gasteiger charge is -2.24. The molecular formula is C25H27NO4. The zero-order valence-corrected chi connectivity index (χ0v) is 18.0. The molecule has 2 aromatic carbocycles. The largest absolute Gasteiger partial charge is 0.494 e. The van der Waals surface area contributed by atoms with Gasteiger partial charge < -0.3 is 14.1 Å². The van der Waals surface area contributed by atoms with Crippen molar-refractivity contribution in [3.05, 3.63) is 74.6 Å². The normalized spacial score (nSPS) is 15.7. The van der Waals surface area contributed by atoms with Crippen LogP contribution in [0.15, 0.2) is 45.6 Å². The van der Waals surface area contributed by atoms with E-state index in [-0.39, 0.29) is 17.1 Å². The highest BCUT2D eigenvalue weighted by molar-refractivity contribution is 5.99. The van der Waals surface area contributed by atoms with Crippen molar-refractivity contribution >= 4 is 16.9 Å². The molecule has 1 aliphatic rings. The number of aryl methyl sites for hydroxylation is 2. The van der Waals surface area contributed by atoms with Crippen LogP contribution >= 0.6 is 0 Å². The van der Waals surface area contributed by atoms with Crippen molar-refractivity contribution in [1.82, 2.24) is 4.90 Å². The topological polar surface area (TPSA) is 59.8 Å². The Labute approximate surface area is 176 Å². The van der Waals surface area contributed by atoms with Gasteiger partial charge in [-0.2, -0.15) is 0 Å². The fourth-order valence-electron chi connectivity index (χ4n) is 4.30. The summed E-state index contributed by atoms with van der Waals surface area (Å²) < 4.78 is 11.7. The lowest BCUT2D eigenvalue weighted by atomic mass is 9.97. The molecule has 0 saturated heterocycles. The number of ether oxygens (including phenoxy) is 1. The molecule has 3 aromatic rings. The van der Waals surface area contributed by atoms with Crippen LogP contribution in [-0.2, 0) is 0 Å². The summed E-state index contributed by atoms with van der Waals surface area (Å²) in [5, 5.41) is 0.554. The van der Waals surface area contributed by atoms with E-state index in [1.54, 1.807) is 4.90 Å². The van der Waals surface area contributed by atoms with Gasteiger partial charge in [0.2, 0.25) is 5.76 Å². The second-order valence-corrected chi connectivity index (χ2v) is 7.95. The fraction of sp³-hybridized carbons (Fsp3) is 0.360. The number of rotatable bonds is 6. The van der Waals surface area contributed by atoms with E-state index in [1.165, 1.54) is 0 Å². The summed E-state index contributed by atoms with van der Waals surface area (Å²) in [6.07, 6.45) is 1.73. The van der Waals surface area contributed by atoms with Crippen LogP contribution < -0.4 is 10.2 Å². The Morgan fingerprint density at radius 3 is 2.43 bits per heavy atom. The highest BCUT2D eigenvalue weighted by Crippen LogP contribution is 2.39. The number of carbonyl (C=O) groups is 1. The Balaban J connectivity index is 1.90. The van der Waals surface area contributed by atoms with E-state index in [0.29, 0.717) is 29.7 Å². The van der Waals surface area contributed by atoms with E-state index < -0.39 is 6.04 Å². The van der Waals surface area contributed by atoms with E-state index in [1.807, 2.05) is 57.2 Å². The minimum Gasteiger partial charge on any atom is -0.494 e. The van der Waals surface area contributed by atoms with Gasteiger partial charge in [0.05, 0.1) is 23.6 Å². The van der Waals surface area contributed by atoms with Crippen LogP contribution in [0.1, 0.15) is 65.5 Å². The van der Waals surface area contributed by atoms with E-state index in [9.17, 15) is 9.59 Å². The van der Waals surface area contributed by atoms with Crippen LogP contribution in [0.2, 0.25) is 0 Å². The first-order valence-electron chi connectivity index (χ1n) is 10.6. The van der Waals surface area contributed by atoms with Crippen LogP contribution in [0.5, 0.6) is 5.75 Å². The van der Waals surface area contributed by atoms with Crippen LogP contribution in [-0.4, -0.2) is 24.0 Å². The molecule has 5 nitrogen and oxygen atoms in total. The summed E-state index contributed by atoms with van der Waals surface area (Å²) >= 11 is 0. The number of fused-ring (bicyclic) bond motifs is 2. The third kappa shape index (κ3) is 3.28. The number of hydrogen-bond acceptors (Lipinski definition) is 4. The molecule has 1 amide bonds. The van der Waals surface area contributed by atoms with Crippen LogP contribution in [0.4, 0.5) is 0 Å². The van der Waals surface area contributed by atoms with Crippen molar-refractivity contribution in [3.63, 3.8) is 0 Å². The maximum atomic E-state index is 13.6. The van der Waals surface area contributed by atoms with Gasteiger partial charge in [-0.05, 0) is 61.6 Å². The molecule has 1 unspecified atom stereocenters. The smallest absolute Gasteiger partial charge is 0.290 e. The van der Waals surface area contributed by atoms with Gasteiger partial charge in [0.25, 0.3) is 5.91 Å². The van der Waals surface area contributed by atoms with Crippen molar-refractivity contribution in [2.75, 3.05) is 13.2 Å². The number of amides is 1. The number of benzene rings is 2. The summed E-state index contributed by atoms with van der Waals surface area (Å²) in [7, 11) is 0. The maximum absolute atomic E-state index is 13.6. The average Bonchev–Trinajstić information content (AvgIpc) is 2.99. The predicted octanol–water partition coefficient (Wildman–Crippen LogP) is 5.15.